The number of aromatic nitrogens is 2. The predicted octanol–water partition coefficient (Wildman–Crippen LogP) is 3.04. The molecule has 0 bridgehead atoms. The van der Waals surface area contributed by atoms with Crippen molar-refractivity contribution < 1.29 is 4.79 Å². The molecule has 0 saturated carbocycles. The van der Waals surface area contributed by atoms with Crippen LogP contribution in [0.4, 0.5) is 5.82 Å². The van der Waals surface area contributed by atoms with Crippen molar-refractivity contribution in [2.75, 3.05) is 24.5 Å². The molecule has 0 aliphatic carbocycles. The van der Waals surface area contributed by atoms with E-state index < -0.39 is 0 Å². The molecule has 0 radical (unpaired) electrons. The Hall–Kier alpha value is -2.43. The molecule has 2 aromatic rings. The van der Waals surface area contributed by atoms with Crippen LogP contribution < -0.4 is 4.90 Å². The second-order valence-corrected chi connectivity index (χ2v) is 6.90. The van der Waals surface area contributed by atoms with Gasteiger partial charge in [-0.1, -0.05) is 30.3 Å². The van der Waals surface area contributed by atoms with E-state index >= 15 is 0 Å². The fourth-order valence-corrected chi connectivity index (χ4v) is 3.75. The second kappa shape index (κ2) is 6.82. The van der Waals surface area contributed by atoms with E-state index in [0.717, 1.165) is 54.5 Å². The molecule has 5 nitrogen and oxygen atoms in total. The van der Waals surface area contributed by atoms with Crippen LogP contribution in [0.1, 0.15) is 37.4 Å². The van der Waals surface area contributed by atoms with E-state index in [0.29, 0.717) is 6.54 Å². The fraction of sp³-hybridized carbons (Fsp3) is 0.450. The highest BCUT2D eigenvalue weighted by molar-refractivity contribution is 5.74. The first kappa shape index (κ1) is 16.1. The summed E-state index contributed by atoms with van der Waals surface area (Å²) < 4.78 is 0. The van der Waals surface area contributed by atoms with E-state index in [-0.39, 0.29) is 5.91 Å². The lowest BCUT2D eigenvalue weighted by atomic mass is 10.0. The van der Waals surface area contributed by atoms with E-state index in [1.807, 2.05) is 23.1 Å². The van der Waals surface area contributed by atoms with Crippen molar-refractivity contribution in [3.8, 4) is 11.4 Å². The maximum atomic E-state index is 11.9. The van der Waals surface area contributed by atoms with Crippen molar-refractivity contribution >= 4 is 11.7 Å². The van der Waals surface area contributed by atoms with Crippen LogP contribution in [0.25, 0.3) is 11.4 Å². The Morgan fingerprint density at radius 1 is 1.00 bits per heavy atom. The van der Waals surface area contributed by atoms with Crippen LogP contribution in [0.3, 0.4) is 0 Å². The number of carbonyl (C=O) groups is 1. The molecule has 130 valence electrons. The highest BCUT2D eigenvalue weighted by Crippen LogP contribution is 2.31. The van der Waals surface area contributed by atoms with Gasteiger partial charge in [0.15, 0.2) is 5.82 Å². The zero-order chi connectivity index (χ0) is 17.2. The van der Waals surface area contributed by atoms with Crippen LogP contribution in [0.5, 0.6) is 0 Å². The zero-order valence-corrected chi connectivity index (χ0v) is 14.7. The molecule has 0 spiro atoms. The minimum atomic E-state index is 0.127. The van der Waals surface area contributed by atoms with Gasteiger partial charge < -0.3 is 9.80 Å². The molecule has 0 atom stereocenters. The van der Waals surface area contributed by atoms with E-state index in [4.69, 9.17) is 9.97 Å². The Morgan fingerprint density at radius 2 is 1.76 bits per heavy atom. The van der Waals surface area contributed by atoms with Gasteiger partial charge in [-0.3, -0.25) is 4.79 Å². The molecule has 25 heavy (non-hydrogen) atoms. The molecule has 0 unspecified atom stereocenters. The Kier molecular flexibility index (Phi) is 4.38. The number of fused-ring (bicyclic) bond motifs is 1. The topological polar surface area (TPSA) is 49.3 Å². The van der Waals surface area contributed by atoms with Crippen molar-refractivity contribution in [3.05, 3.63) is 41.6 Å². The molecule has 1 aromatic carbocycles. The van der Waals surface area contributed by atoms with Gasteiger partial charge in [-0.25, -0.2) is 9.97 Å². The second-order valence-electron chi connectivity index (χ2n) is 6.90. The maximum Gasteiger partial charge on any atom is 0.219 e. The van der Waals surface area contributed by atoms with Crippen LogP contribution in [0.2, 0.25) is 0 Å². The zero-order valence-electron chi connectivity index (χ0n) is 14.7. The number of carbonyl (C=O) groups excluding carboxylic acids is 1. The lowest BCUT2D eigenvalue weighted by molar-refractivity contribution is -0.129. The Morgan fingerprint density at radius 3 is 2.48 bits per heavy atom. The highest BCUT2D eigenvalue weighted by atomic mass is 16.2. The number of nitrogens with zero attached hydrogens (tertiary/aromatic N) is 4. The Labute approximate surface area is 148 Å². The molecule has 2 aliphatic rings. The predicted molar refractivity (Wildman–Crippen MR) is 98.3 cm³/mol. The molecule has 1 fully saturated rings. The van der Waals surface area contributed by atoms with Gasteiger partial charge in [-0.2, -0.15) is 0 Å². The highest BCUT2D eigenvalue weighted by Gasteiger charge is 2.27. The summed E-state index contributed by atoms with van der Waals surface area (Å²) >= 11 is 0. The molecule has 0 N–H and O–H groups in total. The number of amides is 1. The lowest BCUT2D eigenvalue weighted by Crippen LogP contribution is -2.38. The van der Waals surface area contributed by atoms with Gasteiger partial charge >= 0.3 is 0 Å². The number of piperidine rings is 1. The summed E-state index contributed by atoms with van der Waals surface area (Å²) in [7, 11) is 0. The van der Waals surface area contributed by atoms with Crippen molar-refractivity contribution in [2.24, 2.45) is 0 Å². The van der Waals surface area contributed by atoms with Gasteiger partial charge in [0, 0.05) is 44.1 Å². The van der Waals surface area contributed by atoms with Gasteiger partial charge in [0.05, 0.1) is 12.2 Å². The summed E-state index contributed by atoms with van der Waals surface area (Å²) in [4.78, 5) is 26.0. The summed E-state index contributed by atoms with van der Waals surface area (Å²) in [5, 5.41) is 0. The quantitative estimate of drug-likeness (QED) is 0.846. The monoisotopic (exact) mass is 336 g/mol. The number of hydrogen-bond acceptors (Lipinski definition) is 4. The number of anilines is 1. The first-order valence-corrected chi connectivity index (χ1v) is 9.18. The standard InChI is InChI=1S/C20H24N4O/c1-15(25)24-13-10-18-17(14-24)20(23-11-6-3-7-12-23)22-19(21-18)16-8-4-2-5-9-16/h2,4-5,8-9H,3,6-7,10-14H2,1H3. The van der Waals surface area contributed by atoms with Gasteiger partial charge in [-0.05, 0) is 19.3 Å². The maximum absolute atomic E-state index is 11.9. The summed E-state index contributed by atoms with van der Waals surface area (Å²) in [6, 6.07) is 10.2. The normalized spacial score (nSPS) is 17.3. The van der Waals surface area contributed by atoms with E-state index in [9.17, 15) is 4.79 Å². The largest absolute Gasteiger partial charge is 0.356 e. The first-order chi connectivity index (χ1) is 12.2. The summed E-state index contributed by atoms with van der Waals surface area (Å²) in [6.07, 6.45) is 4.50. The van der Waals surface area contributed by atoms with E-state index in [1.54, 1.807) is 6.92 Å². The van der Waals surface area contributed by atoms with Crippen molar-refractivity contribution in [1.82, 2.24) is 14.9 Å². The number of hydrogen-bond donors (Lipinski definition) is 0. The molecule has 2 aliphatic heterocycles. The SMILES string of the molecule is CC(=O)N1CCc2nc(-c3ccccc3)nc(N3CCCCC3)c2C1. The third kappa shape index (κ3) is 3.23. The first-order valence-electron chi connectivity index (χ1n) is 9.18. The van der Waals surface area contributed by atoms with Crippen LogP contribution in [0.15, 0.2) is 30.3 Å². The molecule has 3 heterocycles. The van der Waals surface area contributed by atoms with Crippen LogP contribution in [-0.4, -0.2) is 40.4 Å². The molecule has 1 saturated heterocycles. The Balaban J connectivity index is 1.79. The minimum absolute atomic E-state index is 0.127. The molecular formula is C20H24N4O. The van der Waals surface area contributed by atoms with Crippen LogP contribution in [0, 0.1) is 0 Å². The molecular weight excluding hydrogens is 312 g/mol. The molecule has 5 heteroatoms. The van der Waals surface area contributed by atoms with Gasteiger partial charge in [0.1, 0.15) is 5.82 Å². The van der Waals surface area contributed by atoms with Crippen molar-refractivity contribution in [3.63, 3.8) is 0 Å². The van der Waals surface area contributed by atoms with Gasteiger partial charge in [0.25, 0.3) is 0 Å². The third-order valence-electron chi connectivity index (χ3n) is 5.17. The van der Waals surface area contributed by atoms with Gasteiger partial charge in [-0.15, -0.1) is 0 Å². The van der Waals surface area contributed by atoms with Crippen LogP contribution in [-0.2, 0) is 17.8 Å². The van der Waals surface area contributed by atoms with Gasteiger partial charge in [0.2, 0.25) is 5.91 Å². The fourth-order valence-electron chi connectivity index (χ4n) is 3.75. The summed E-state index contributed by atoms with van der Waals surface area (Å²) in [5.41, 5.74) is 3.30. The van der Waals surface area contributed by atoms with E-state index in [1.165, 1.54) is 19.3 Å². The number of benzene rings is 1. The average molecular weight is 336 g/mol. The smallest absolute Gasteiger partial charge is 0.219 e. The molecule has 1 amide bonds. The lowest BCUT2D eigenvalue weighted by Gasteiger charge is -2.34. The molecule has 4 rings (SSSR count). The third-order valence-corrected chi connectivity index (χ3v) is 5.17. The molecule has 1 aromatic heterocycles. The van der Waals surface area contributed by atoms with Crippen molar-refractivity contribution in [1.29, 1.82) is 0 Å². The van der Waals surface area contributed by atoms with Crippen LogP contribution >= 0.6 is 0 Å². The average Bonchev–Trinajstić information content (AvgIpc) is 2.68. The summed E-state index contributed by atoms with van der Waals surface area (Å²) in [5.74, 6) is 1.97. The number of rotatable bonds is 2. The minimum Gasteiger partial charge on any atom is -0.356 e. The van der Waals surface area contributed by atoms with Crippen molar-refractivity contribution in [2.45, 2.75) is 39.2 Å². The van der Waals surface area contributed by atoms with E-state index in [2.05, 4.69) is 17.0 Å². The Bertz CT molecular complexity index is 769. The summed E-state index contributed by atoms with van der Waals surface area (Å²) in [6.45, 7) is 5.10.